The maximum atomic E-state index is 12.2. The van der Waals surface area contributed by atoms with Crippen molar-refractivity contribution in [2.24, 2.45) is 0 Å². The van der Waals surface area contributed by atoms with Gasteiger partial charge in [-0.2, -0.15) is 0 Å². The van der Waals surface area contributed by atoms with Crippen LogP contribution in [0.3, 0.4) is 0 Å². The molecule has 0 saturated heterocycles. The summed E-state index contributed by atoms with van der Waals surface area (Å²) in [6, 6.07) is 12.8. The van der Waals surface area contributed by atoms with Crippen LogP contribution in [0.5, 0.6) is 11.5 Å². The zero-order valence-electron chi connectivity index (χ0n) is 12.7. The molecule has 23 heavy (non-hydrogen) atoms. The molecule has 1 aliphatic rings. The lowest BCUT2D eigenvalue weighted by Crippen LogP contribution is -2.22. The van der Waals surface area contributed by atoms with Crippen LogP contribution in [0.15, 0.2) is 42.5 Å². The molecule has 0 spiro atoms. The highest BCUT2D eigenvalue weighted by molar-refractivity contribution is 7.83. The quantitative estimate of drug-likeness (QED) is 0.912. The van der Waals surface area contributed by atoms with Gasteiger partial charge in [0, 0.05) is 34.9 Å². The number of amides is 1. The van der Waals surface area contributed by atoms with Crippen molar-refractivity contribution in [1.29, 1.82) is 0 Å². The largest absolute Gasteiger partial charge is 0.454 e. The highest BCUT2D eigenvalue weighted by Gasteiger charge is 2.13. The summed E-state index contributed by atoms with van der Waals surface area (Å²) in [4.78, 5) is 12.2. The summed E-state index contributed by atoms with van der Waals surface area (Å²) in [5.74, 6) is 1.71. The molecule has 2 aromatic rings. The molecule has 0 fully saturated rings. The first-order valence-corrected chi connectivity index (χ1v) is 8.90. The van der Waals surface area contributed by atoms with Gasteiger partial charge in [0.25, 0.3) is 5.91 Å². The Hall–Kier alpha value is -2.34. The first-order valence-electron chi connectivity index (χ1n) is 7.17. The fraction of sp³-hybridized carbons (Fsp3) is 0.235. The maximum Gasteiger partial charge on any atom is 0.251 e. The molecule has 5 nitrogen and oxygen atoms in total. The summed E-state index contributed by atoms with van der Waals surface area (Å²) in [6.45, 7) is 0.635. The number of carbonyl (C=O) groups is 1. The smallest absolute Gasteiger partial charge is 0.251 e. The Morgan fingerprint density at radius 3 is 2.78 bits per heavy atom. The highest BCUT2D eigenvalue weighted by atomic mass is 32.2. The summed E-state index contributed by atoms with van der Waals surface area (Å²) in [7, 11) is -0.929. The standard InChI is InChI=1S/C17H17NO4S/c1-23(20)10-13-3-2-4-14(7-13)17(19)18-9-12-5-6-15-16(8-12)22-11-21-15/h2-8H,9-11H2,1H3,(H,18,19). The van der Waals surface area contributed by atoms with Crippen LogP contribution in [0.1, 0.15) is 21.5 Å². The average Bonchev–Trinajstić information content (AvgIpc) is 3.00. The number of benzene rings is 2. The second-order valence-corrected chi connectivity index (χ2v) is 6.72. The van der Waals surface area contributed by atoms with Crippen molar-refractivity contribution >= 4 is 16.7 Å². The second kappa shape index (κ2) is 6.83. The van der Waals surface area contributed by atoms with Gasteiger partial charge in [0.2, 0.25) is 6.79 Å². The van der Waals surface area contributed by atoms with E-state index in [1.165, 1.54) is 0 Å². The van der Waals surface area contributed by atoms with E-state index in [1.807, 2.05) is 24.3 Å². The molecular formula is C17H17NO4S. The number of rotatable bonds is 5. The van der Waals surface area contributed by atoms with Gasteiger partial charge in [0.05, 0.1) is 0 Å². The Morgan fingerprint density at radius 1 is 1.13 bits per heavy atom. The van der Waals surface area contributed by atoms with Crippen LogP contribution in [-0.2, 0) is 23.1 Å². The van der Waals surface area contributed by atoms with Gasteiger partial charge in [-0.25, -0.2) is 0 Å². The van der Waals surface area contributed by atoms with E-state index in [9.17, 15) is 9.00 Å². The highest BCUT2D eigenvalue weighted by Crippen LogP contribution is 2.32. The summed E-state index contributed by atoms with van der Waals surface area (Å²) in [5, 5.41) is 2.88. The van der Waals surface area contributed by atoms with Crippen molar-refractivity contribution < 1.29 is 18.5 Å². The fourth-order valence-electron chi connectivity index (χ4n) is 2.37. The van der Waals surface area contributed by atoms with Gasteiger partial charge < -0.3 is 14.8 Å². The summed E-state index contributed by atoms with van der Waals surface area (Å²) in [6.07, 6.45) is 1.65. The Kier molecular flexibility index (Phi) is 4.62. The van der Waals surface area contributed by atoms with Crippen molar-refractivity contribution in [3.8, 4) is 11.5 Å². The molecule has 0 radical (unpaired) electrons. The van der Waals surface area contributed by atoms with Crippen LogP contribution in [-0.4, -0.2) is 23.2 Å². The molecular weight excluding hydrogens is 314 g/mol. The van der Waals surface area contributed by atoms with Crippen molar-refractivity contribution in [2.75, 3.05) is 13.0 Å². The molecule has 1 heterocycles. The molecule has 1 unspecified atom stereocenters. The molecule has 120 valence electrons. The number of fused-ring (bicyclic) bond motifs is 1. The monoisotopic (exact) mass is 331 g/mol. The lowest BCUT2D eigenvalue weighted by Gasteiger charge is -2.07. The summed E-state index contributed by atoms with van der Waals surface area (Å²) >= 11 is 0. The molecule has 1 atom stereocenters. The van der Waals surface area contributed by atoms with Crippen LogP contribution in [0, 0.1) is 0 Å². The molecule has 0 saturated carbocycles. The van der Waals surface area contributed by atoms with Crippen LogP contribution in [0.25, 0.3) is 0 Å². The van der Waals surface area contributed by atoms with Gasteiger partial charge in [-0.1, -0.05) is 18.2 Å². The van der Waals surface area contributed by atoms with Crippen LogP contribution in [0.4, 0.5) is 0 Å². The minimum atomic E-state index is -0.929. The lowest BCUT2D eigenvalue weighted by molar-refractivity contribution is 0.0950. The van der Waals surface area contributed by atoms with Crippen LogP contribution < -0.4 is 14.8 Å². The predicted octanol–water partition coefficient (Wildman–Crippen LogP) is 2.22. The summed E-state index contributed by atoms with van der Waals surface area (Å²) in [5.41, 5.74) is 2.39. The average molecular weight is 331 g/mol. The minimum absolute atomic E-state index is 0.161. The zero-order chi connectivity index (χ0) is 16.2. The Bertz CT molecular complexity index is 760. The fourth-order valence-corrected chi connectivity index (χ4v) is 3.02. The van der Waals surface area contributed by atoms with Gasteiger partial charge >= 0.3 is 0 Å². The predicted molar refractivity (Wildman–Crippen MR) is 87.9 cm³/mol. The molecule has 2 aromatic carbocycles. The Morgan fingerprint density at radius 2 is 1.96 bits per heavy atom. The van der Waals surface area contributed by atoms with E-state index in [0.717, 1.165) is 16.9 Å². The molecule has 1 aliphatic heterocycles. The topological polar surface area (TPSA) is 64.6 Å². The van der Waals surface area contributed by atoms with Gasteiger partial charge in [0.15, 0.2) is 11.5 Å². The van der Waals surface area contributed by atoms with E-state index in [-0.39, 0.29) is 12.7 Å². The first kappa shape index (κ1) is 15.6. The van der Waals surface area contributed by atoms with E-state index >= 15 is 0 Å². The van der Waals surface area contributed by atoms with Crippen molar-refractivity contribution in [2.45, 2.75) is 12.3 Å². The molecule has 6 heteroatoms. The van der Waals surface area contributed by atoms with E-state index in [0.29, 0.717) is 23.6 Å². The molecule has 0 aromatic heterocycles. The van der Waals surface area contributed by atoms with Gasteiger partial charge in [-0.05, 0) is 35.4 Å². The third-order valence-electron chi connectivity index (χ3n) is 3.45. The van der Waals surface area contributed by atoms with Crippen LogP contribution >= 0.6 is 0 Å². The SMILES string of the molecule is CS(=O)Cc1cccc(C(=O)NCc2ccc3c(c2)OCO3)c1. The zero-order valence-corrected chi connectivity index (χ0v) is 13.5. The van der Waals surface area contributed by atoms with Crippen molar-refractivity contribution in [1.82, 2.24) is 5.32 Å². The molecule has 1 N–H and O–H groups in total. The van der Waals surface area contributed by atoms with E-state index < -0.39 is 10.8 Å². The number of hydrogen-bond acceptors (Lipinski definition) is 4. The lowest BCUT2D eigenvalue weighted by atomic mass is 10.1. The van der Waals surface area contributed by atoms with Gasteiger partial charge in [-0.15, -0.1) is 0 Å². The molecule has 0 aliphatic carbocycles. The first-order chi connectivity index (χ1) is 11.1. The molecule has 3 rings (SSSR count). The van der Waals surface area contributed by atoms with Gasteiger partial charge in [-0.3, -0.25) is 9.00 Å². The minimum Gasteiger partial charge on any atom is -0.454 e. The Balaban J connectivity index is 1.64. The number of ether oxygens (including phenoxy) is 2. The van der Waals surface area contributed by atoms with Crippen molar-refractivity contribution in [3.63, 3.8) is 0 Å². The molecule has 0 bridgehead atoms. The molecule has 1 amide bonds. The third kappa shape index (κ3) is 3.90. The van der Waals surface area contributed by atoms with E-state index in [1.54, 1.807) is 24.5 Å². The second-order valence-electron chi connectivity index (χ2n) is 5.29. The Labute approximate surface area is 137 Å². The normalized spacial score (nSPS) is 13.6. The van der Waals surface area contributed by atoms with E-state index in [2.05, 4.69) is 5.32 Å². The number of nitrogens with one attached hydrogen (secondary N) is 1. The third-order valence-corrected chi connectivity index (χ3v) is 4.19. The van der Waals surface area contributed by atoms with Crippen molar-refractivity contribution in [3.05, 3.63) is 59.2 Å². The number of carbonyl (C=O) groups excluding carboxylic acids is 1. The van der Waals surface area contributed by atoms with E-state index in [4.69, 9.17) is 9.47 Å². The maximum absolute atomic E-state index is 12.2. The number of hydrogen-bond donors (Lipinski definition) is 1. The van der Waals surface area contributed by atoms with Crippen LogP contribution in [0.2, 0.25) is 0 Å². The summed E-state index contributed by atoms with van der Waals surface area (Å²) < 4.78 is 21.9. The van der Waals surface area contributed by atoms with Gasteiger partial charge in [0.1, 0.15) is 0 Å².